The summed E-state index contributed by atoms with van der Waals surface area (Å²) in [5.41, 5.74) is -0.783. The molecule has 3 aromatic rings. The molecule has 12 heteroatoms. The van der Waals surface area contributed by atoms with Crippen molar-refractivity contribution < 1.29 is 22.8 Å². The lowest BCUT2D eigenvalue weighted by Crippen LogP contribution is -2.25. The number of carbonyl (C=O) groups is 2. The maximum atomic E-state index is 13.3. The van der Waals surface area contributed by atoms with Gasteiger partial charge in [-0.25, -0.2) is 9.67 Å². The summed E-state index contributed by atoms with van der Waals surface area (Å²) in [6, 6.07) is 6.83. The smallest absolute Gasteiger partial charge is 0.345 e. The lowest BCUT2D eigenvalue weighted by atomic mass is 10.1. The zero-order chi connectivity index (χ0) is 23.8. The van der Waals surface area contributed by atoms with Gasteiger partial charge in [0.2, 0.25) is 0 Å². The van der Waals surface area contributed by atoms with Gasteiger partial charge < -0.3 is 10.2 Å². The fourth-order valence-corrected chi connectivity index (χ4v) is 3.85. The molecule has 0 bridgehead atoms. The maximum Gasteiger partial charge on any atom is 0.435 e. The third-order valence-electron chi connectivity index (χ3n) is 4.35. The van der Waals surface area contributed by atoms with Crippen LogP contribution in [0.5, 0.6) is 0 Å². The minimum atomic E-state index is -4.80. The Hall–Kier alpha value is -2.67. The topological polar surface area (TPSA) is 80.1 Å². The molecule has 0 aliphatic heterocycles. The van der Waals surface area contributed by atoms with E-state index < -0.39 is 23.5 Å². The highest BCUT2D eigenvalue weighted by Crippen LogP contribution is 2.31. The zero-order valence-corrected chi connectivity index (χ0v) is 19.9. The molecule has 32 heavy (non-hydrogen) atoms. The highest BCUT2D eigenvalue weighted by Gasteiger charge is 2.36. The summed E-state index contributed by atoms with van der Waals surface area (Å²) in [5.74, 6) is -1.43. The number of anilines is 1. The molecule has 0 saturated carbocycles. The van der Waals surface area contributed by atoms with Crippen LogP contribution in [0.2, 0.25) is 5.02 Å². The van der Waals surface area contributed by atoms with Crippen LogP contribution in [-0.4, -0.2) is 45.6 Å². The molecular weight excluding hydrogens is 562 g/mol. The third kappa shape index (κ3) is 4.88. The number of alkyl halides is 3. The number of halogens is 5. The molecule has 2 aromatic heterocycles. The molecule has 0 spiro atoms. The molecule has 1 N–H and O–H groups in total. The highest BCUT2D eigenvalue weighted by atomic mass is 127. The maximum absolute atomic E-state index is 13.3. The first-order valence-corrected chi connectivity index (χ1v) is 10.5. The second-order valence-electron chi connectivity index (χ2n) is 6.93. The molecule has 0 saturated heterocycles. The number of hydrogen-bond acceptors (Lipinski definition) is 4. The first kappa shape index (κ1) is 24.0. The van der Waals surface area contributed by atoms with Crippen LogP contribution < -0.4 is 5.32 Å². The number of benzene rings is 1. The van der Waals surface area contributed by atoms with Crippen molar-refractivity contribution in [3.05, 3.63) is 67.6 Å². The molecule has 1 aromatic carbocycles. The Bertz CT molecular complexity index is 1210. The third-order valence-corrected chi connectivity index (χ3v) is 5.27. The van der Waals surface area contributed by atoms with E-state index in [4.69, 9.17) is 11.6 Å². The fraction of sp³-hybridized carbons (Fsp3) is 0.200. The van der Waals surface area contributed by atoms with Gasteiger partial charge in [-0.05, 0) is 59.3 Å². The number of nitrogens with one attached hydrogen (secondary N) is 1. The van der Waals surface area contributed by atoms with E-state index in [1.165, 1.54) is 23.2 Å². The van der Waals surface area contributed by atoms with Gasteiger partial charge in [0, 0.05) is 29.9 Å². The van der Waals surface area contributed by atoms with Crippen LogP contribution >= 0.6 is 34.2 Å². The van der Waals surface area contributed by atoms with Crippen LogP contribution in [-0.2, 0) is 6.18 Å². The quantitative estimate of drug-likeness (QED) is 0.452. The number of pyridine rings is 1. The molecule has 3 rings (SSSR count). The van der Waals surface area contributed by atoms with E-state index in [9.17, 15) is 22.8 Å². The van der Waals surface area contributed by atoms with Gasteiger partial charge in [0.05, 0.1) is 16.3 Å². The van der Waals surface area contributed by atoms with Gasteiger partial charge in [-0.2, -0.15) is 18.3 Å². The molecule has 2 amide bonds. The summed E-state index contributed by atoms with van der Waals surface area (Å²) in [6.07, 6.45) is -3.48. The Kier molecular flexibility index (Phi) is 6.79. The summed E-state index contributed by atoms with van der Waals surface area (Å²) < 4.78 is 41.5. The lowest BCUT2D eigenvalue weighted by molar-refractivity contribution is -0.141. The summed E-state index contributed by atoms with van der Waals surface area (Å²) in [4.78, 5) is 31.0. The molecular formula is C20H16ClF3IN5O2. The van der Waals surface area contributed by atoms with Crippen molar-refractivity contribution in [1.82, 2.24) is 19.7 Å². The first-order valence-electron chi connectivity index (χ1n) is 9.01. The predicted molar refractivity (Wildman–Crippen MR) is 121 cm³/mol. The summed E-state index contributed by atoms with van der Waals surface area (Å²) in [7, 11) is 3.10. The largest absolute Gasteiger partial charge is 0.435 e. The Morgan fingerprint density at radius 2 is 1.91 bits per heavy atom. The van der Waals surface area contributed by atoms with Crippen molar-refractivity contribution in [2.75, 3.05) is 19.4 Å². The van der Waals surface area contributed by atoms with Crippen molar-refractivity contribution >= 4 is 51.7 Å². The van der Waals surface area contributed by atoms with Crippen molar-refractivity contribution in [2.24, 2.45) is 0 Å². The van der Waals surface area contributed by atoms with Crippen LogP contribution in [0.1, 0.15) is 32.1 Å². The first-order chi connectivity index (χ1) is 14.9. The summed E-state index contributed by atoms with van der Waals surface area (Å²) in [5, 5.41) is 6.08. The molecule has 2 heterocycles. The number of rotatable bonds is 4. The number of amides is 2. The van der Waals surface area contributed by atoms with E-state index in [1.54, 1.807) is 33.2 Å². The van der Waals surface area contributed by atoms with Gasteiger partial charge in [-0.3, -0.25) is 9.59 Å². The molecule has 7 nitrogen and oxygen atoms in total. The molecule has 0 aliphatic rings. The number of aryl methyl sites for hydroxylation is 1. The van der Waals surface area contributed by atoms with E-state index in [0.29, 0.717) is 11.6 Å². The van der Waals surface area contributed by atoms with E-state index in [1.807, 2.05) is 22.6 Å². The summed E-state index contributed by atoms with van der Waals surface area (Å²) in [6.45, 7) is 1.68. The Morgan fingerprint density at radius 3 is 2.50 bits per heavy atom. The molecule has 0 aliphatic carbocycles. The van der Waals surface area contributed by atoms with Crippen LogP contribution in [0.25, 0.3) is 5.82 Å². The second kappa shape index (κ2) is 9.06. The molecule has 168 valence electrons. The molecule has 0 fully saturated rings. The predicted octanol–water partition coefficient (Wildman–Crippen LogP) is 4.81. The average molecular weight is 578 g/mol. The van der Waals surface area contributed by atoms with Crippen molar-refractivity contribution in [3.63, 3.8) is 0 Å². The van der Waals surface area contributed by atoms with Crippen molar-refractivity contribution in [3.8, 4) is 5.82 Å². The number of carbonyl (C=O) groups excluding carboxylic acids is 2. The molecule has 0 unspecified atom stereocenters. The van der Waals surface area contributed by atoms with E-state index in [-0.39, 0.29) is 28.0 Å². The van der Waals surface area contributed by atoms with Gasteiger partial charge in [0.1, 0.15) is 5.69 Å². The Balaban J connectivity index is 2.13. The monoisotopic (exact) mass is 577 g/mol. The van der Waals surface area contributed by atoms with Gasteiger partial charge in [0.25, 0.3) is 11.8 Å². The second-order valence-corrected chi connectivity index (χ2v) is 8.58. The van der Waals surface area contributed by atoms with E-state index in [2.05, 4.69) is 15.4 Å². The van der Waals surface area contributed by atoms with Crippen LogP contribution in [0.3, 0.4) is 0 Å². The Morgan fingerprint density at radius 1 is 1.22 bits per heavy atom. The minimum Gasteiger partial charge on any atom is -0.345 e. The van der Waals surface area contributed by atoms with Crippen LogP contribution in [0.4, 0.5) is 18.9 Å². The lowest BCUT2D eigenvalue weighted by Gasteiger charge is -2.17. The highest BCUT2D eigenvalue weighted by molar-refractivity contribution is 14.1. The van der Waals surface area contributed by atoms with Crippen molar-refractivity contribution in [1.29, 1.82) is 0 Å². The average Bonchev–Trinajstić information content (AvgIpc) is 3.15. The molecule has 0 radical (unpaired) electrons. The summed E-state index contributed by atoms with van der Waals surface area (Å²) >= 11 is 8.11. The standard InChI is InChI=1S/C20H16ClF3IN5O2/c1-10-7-11(25)8-12(19(32)29(2)3)16(10)27-18(31)14-9-15(20(22,23)24)28-30(14)17-13(21)5-4-6-26-17/h4-9H,1-3H3,(H,27,31). The van der Waals surface area contributed by atoms with Crippen LogP contribution in [0.15, 0.2) is 36.5 Å². The number of nitrogens with zero attached hydrogens (tertiary/aromatic N) is 4. The van der Waals surface area contributed by atoms with Crippen molar-refractivity contribution in [2.45, 2.75) is 13.1 Å². The zero-order valence-electron chi connectivity index (χ0n) is 17.0. The van der Waals surface area contributed by atoms with Crippen LogP contribution in [0, 0.1) is 10.5 Å². The normalized spacial score (nSPS) is 11.4. The van der Waals surface area contributed by atoms with Gasteiger partial charge >= 0.3 is 6.18 Å². The SMILES string of the molecule is Cc1cc(I)cc(C(=O)N(C)C)c1NC(=O)c1cc(C(F)(F)F)nn1-c1ncccc1Cl. The fourth-order valence-electron chi connectivity index (χ4n) is 2.87. The van der Waals surface area contributed by atoms with E-state index in [0.717, 1.165) is 8.25 Å². The molecule has 0 atom stereocenters. The van der Waals surface area contributed by atoms with E-state index >= 15 is 0 Å². The van der Waals surface area contributed by atoms with Gasteiger partial charge in [0.15, 0.2) is 11.5 Å². The number of hydrogen-bond donors (Lipinski definition) is 1. The minimum absolute atomic E-state index is 0.00675. The Labute approximate surface area is 199 Å². The van der Waals surface area contributed by atoms with Gasteiger partial charge in [-0.1, -0.05) is 11.6 Å². The van der Waals surface area contributed by atoms with Gasteiger partial charge in [-0.15, -0.1) is 0 Å². The number of aromatic nitrogens is 3.